The SMILES string of the molecule is CC(=O)CC(C)S(=O)(=O)c1ccc(F)c(F)c1. The van der Waals surface area contributed by atoms with E-state index in [1.54, 1.807) is 0 Å². The van der Waals surface area contributed by atoms with E-state index in [4.69, 9.17) is 0 Å². The van der Waals surface area contributed by atoms with Gasteiger partial charge in [-0.25, -0.2) is 17.2 Å². The Morgan fingerprint density at radius 1 is 1.29 bits per heavy atom. The first-order chi connectivity index (χ1) is 7.75. The summed E-state index contributed by atoms with van der Waals surface area (Å²) in [5.41, 5.74) is 0. The summed E-state index contributed by atoms with van der Waals surface area (Å²) >= 11 is 0. The fraction of sp³-hybridized carbons (Fsp3) is 0.364. The molecule has 1 rings (SSSR count). The third kappa shape index (κ3) is 3.09. The number of carbonyl (C=O) groups is 1. The molecule has 0 amide bonds. The lowest BCUT2D eigenvalue weighted by Crippen LogP contribution is -2.20. The molecule has 1 atom stereocenters. The molecule has 17 heavy (non-hydrogen) atoms. The summed E-state index contributed by atoms with van der Waals surface area (Å²) in [6, 6.07) is 2.37. The number of Topliss-reactive ketones (excluding diaryl/α,β-unsaturated/α-hetero) is 1. The summed E-state index contributed by atoms with van der Waals surface area (Å²) < 4.78 is 49.4. The Morgan fingerprint density at radius 2 is 1.88 bits per heavy atom. The Hall–Kier alpha value is -1.30. The Balaban J connectivity index is 3.13. The van der Waals surface area contributed by atoms with Crippen LogP contribution >= 0.6 is 0 Å². The molecule has 0 spiro atoms. The fourth-order valence-electron chi connectivity index (χ4n) is 1.40. The van der Waals surface area contributed by atoms with Crippen molar-refractivity contribution in [1.82, 2.24) is 0 Å². The van der Waals surface area contributed by atoms with E-state index in [2.05, 4.69) is 0 Å². The van der Waals surface area contributed by atoms with Crippen LogP contribution in [0.5, 0.6) is 0 Å². The maximum Gasteiger partial charge on any atom is 0.181 e. The molecule has 0 aromatic heterocycles. The van der Waals surface area contributed by atoms with E-state index in [1.807, 2.05) is 0 Å². The van der Waals surface area contributed by atoms with Crippen LogP contribution < -0.4 is 0 Å². The summed E-state index contributed by atoms with van der Waals surface area (Å²) in [5, 5.41) is -0.954. The van der Waals surface area contributed by atoms with Crippen molar-refractivity contribution in [1.29, 1.82) is 0 Å². The minimum atomic E-state index is -3.80. The molecule has 0 saturated carbocycles. The van der Waals surface area contributed by atoms with Crippen molar-refractivity contribution in [3.05, 3.63) is 29.8 Å². The van der Waals surface area contributed by atoms with E-state index in [0.717, 1.165) is 12.1 Å². The predicted octanol–water partition coefficient (Wildman–Crippen LogP) is 2.11. The maximum absolute atomic E-state index is 12.9. The smallest absolute Gasteiger partial charge is 0.181 e. The van der Waals surface area contributed by atoms with Crippen LogP contribution in [-0.2, 0) is 14.6 Å². The lowest BCUT2D eigenvalue weighted by Gasteiger charge is -2.11. The van der Waals surface area contributed by atoms with Crippen LogP contribution in [0, 0.1) is 11.6 Å². The van der Waals surface area contributed by atoms with Gasteiger partial charge in [0.25, 0.3) is 0 Å². The van der Waals surface area contributed by atoms with Crippen molar-refractivity contribution in [2.45, 2.75) is 30.4 Å². The fourth-order valence-corrected chi connectivity index (χ4v) is 2.84. The van der Waals surface area contributed by atoms with E-state index < -0.39 is 26.7 Å². The monoisotopic (exact) mass is 262 g/mol. The number of halogens is 2. The second-order valence-corrected chi connectivity index (χ2v) is 6.20. The van der Waals surface area contributed by atoms with E-state index in [-0.39, 0.29) is 17.1 Å². The third-order valence-corrected chi connectivity index (χ3v) is 4.46. The molecule has 0 fully saturated rings. The number of ketones is 1. The number of benzene rings is 1. The van der Waals surface area contributed by atoms with Gasteiger partial charge >= 0.3 is 0 Å². The van der Waals surface area contributed by atoms with Crippen LogP contribution in [-0.4, -0.2) is 19.5 Å². The average molecular weight is 262 g/mol. The van der Waals surface area contributed by atoms with Crippen molar-refractivity contribution in [2.75, 3.05) is 0 Å². The van der Waals surface area contributed by atoms with Gasteiger partial charge in [0.05, 0.1) is 10.1 Å². The van der Waals surface area contributed by atoms with Crippen molar-refractivity contribution in [3.8, 4) is 0 Å². The molecule has 0 N–H and O–H groups in total. The molecule has 0 aliphatic rings. The summed E-state index contributed by atoms with van der Waals surface area (Å²) in [7, 11) is -3.80. The zero-order chi connectivity index (χ0) is 13.2. The van der Waals surface area contributed by atoms with Crippen LogP contribution in [0.3, 0.4) is 0 Å². The summed E-state index contributed by atoms with van der Waals surface area (Å²) in [5.74, 6) is -2.60. The van der Waals surface area contributed by atoms with Crippen molar-refractivity contribution < 1.29 is 22.0 Å². The van der Waals surface area contributed by atoms with Gasteiger partial charge in [0.1, 0.15) is 5.78 Å². The first-order valence-corrected chi connectivity index (χ1v) is 6.48. The largest absolute Gasteiger partial charge is 0.300 e. The van der Waals surface area contributed by atoms with E-state index in [1.165, 1.54) is 13.8 Å². The van der Waals surface area contributed by atoms with Gasteiger partial charge in [0.2, 0.25) is 0 Å². The van der Waals surface area contributed by atoms with Crippen molar-refractivity contribution >= 4 is 15.6 Å². The van der Waals surface area contributed by atoms with Gasteiger partial charge in [-0.2, -0.15) is 0 Å². The summed E-state index contributed by atoms with van der Waals surface area (Å²) in [6.45, 7) is 2.63. The highest BCUT2D eigenvalue weighted by Gasteiger charge is 2.25. The normalized spacial score (nSPS) is 13.4. The molecule has 94 valence electrons. The van der Waals surface area contributed by atoms with Crippen LogP contribution in [0.4, 0.5) is 8.78 Å². The summed E-state index contributed by atoms with van der Waals surface area (Å²) in [4.78, 5) is 10.5. The lowest BCUT2D eigenvalue weighted by atomic mass is 10.2. The topological polar surface area (TPSA) is 51.2 Å². The van der Waals surface area contributed by atoms with Gasteiger partial charge in [0, 0.05) is 6.42 Å². The molecule has 3 nitrogen and oxygen atoms in total. The molecule has 1 aromatic rings. The Bertz CT molecular complexity index is 538. The van der Waals surface area contributed by atoms with Crippen molar-refractivity contribution in [2.24, 2.45) is 0 Å². The number of sulfone groups is 1. The first-order valence-electron chi connectivity index (χ1n) is 4.93. The maximum atomic E-state index is 12.9. The van der Waals surface area contributed by atoms with E-state index in [9.17, 15) is 22.0 Å². The predicted molar refractivity (Wildman–Crippen MR) is 58.3 cm³/mol. The number of carbonyl (C=O) groups excluding carboxylic acids is 1. The highest BCUT2D eigenvalue weighted by atomic mass is 32.2. The molecule has 0 saturated heterocycles. The Kier molecular flexibility index (Phi) is 3.98. The molecule has 0 aliphatic carbocycles. The molecule has 1 aromatic carbocycles. The second-order valence-electron chi connectivity index (χ2n) is 3.84. The van der Waals surface area contributed by atoms with E-state index >= 15 is 0 Å². The highest BCUT2D eigenvalue weighted by molar-refractivity contribution is 7.92. The molecule has 1 unspecified atom stereocenters. The van der Waals surface area contributed by atoms with Crippen LogP contribution in [0.15, 0.2) is 23.1 Å². The Morgan fingerprint density at radius 3 is 2.35 bits per heavy atom. The molecule has 0 bridgehead atoms. The van der Waals surface area contributed by atoms with Crippen LogP contribution in [0.2, 0.25) is 0 Å². The number of hydrogen-bond donors (Lipinski definition) is 0. The van der Waals surface area contributed by atoms with Crippen LogP contribution in [0.1, 0.15) is 20.3 Å². The second kappa shape index (κ2) is 4.91. The molecular weight excluding hydrogens is 250 g/mol. The van der Waals surface area contributed by atoms with Gasteiger partial charge in [-0.1, -0.05) is 0 Å². The standard InChI is InChI=1S/C11H12F2O3S/c1-7(14)5-8(2)17(15,16)9-3-4-10(12)11(13)6-9/h3-4,6,8H,5H2,1-2H3. The lowest BCUT2D eigenvalue weighted by molar-refractivity contribution is -0.116. The van der Waals surface area contributed by atoms with Crippen LogP contribution in [0.25, 0.3) is 0 Å². The van der Waals surface area contributed by atoms with Gasteiger partial charge in [-0.3, -0.25) is 4.79 Å². The zero-order valence-corrected chi connectivity index (χ0v) is 10.2. The van der Waals surface area contributed by atoms with Gasteiger partial charge in [-0.05, 0) is 32.0 Å². The molecule has 6 heteroatoms. The average Bonchev–Trinajstić information content (AvgIpc) is 2.20. The first kappa shape index (κ1) is 13.8. The van der Waals surface area contributed by atoms with Crippen molar-refractivity contribution in [3.63, 3.8) is 0 Å². The molecule has 0 heterocycles. The van der Waals surface area contributed by atoms with E-state index in [0.29, 0.717) is 6.07 Å². The summed E-state index contributed by atoms with van der Waals surface area (Å²) in [6.07, 6.45) is -0.151. The van der Waals surface area contributed by atoms with Gasteiger partial charge in [0.15, 0.2) is 21.5 Å². The van der Waals surface area contributed by atoms with Gasteiger partial charge in [-0.15, -0.1) is 0 Å². The number of hydrogen-bond acceptors (Lipinski definition) is 3. The number of rotatable bonds is 4. The Labute approximate surface area is 98.4 Å². The zero-order valence-electron chi connectivity index (χ0n) is 9.41. The molecular formula is C11H12F2O3S. The minimum absolute atomic E-state index is 0.151. The quantitative estimate of drug-likeness (QED) is 0.781. The molecule has 0 aliphatic heterocycles. The molecule has 0 radical (unpaired) electrons. The minimum Gasteiger partial charge on any atom is -0.300 e. The highest BCUT2D eigenvalue weighted by Crippen LogP contribution is 2.20. The third-order valence-electron chi connectivity index (χ3n) is 2.32. The van der Waals surface area contributed by atoms with Gasteiger partial charge < -0.3 is 0 Å².